The number of aromatic amines is 1. The highest BCUT2D eigenvalue weighted by Gasteiger charge is 2.08. The molecule has 4 nitrogen and oxygen atoms in total. The van der Waals surface area contributed by atoms with Crippen molar-refractivity contribution in [3.05, 3.63) is 46.9 Å². The highest BCUT2D eigenvalue weighted by molar-refractivity contribution is 6.04. The summed E-state index contributed by atoms with van der Waals surface area (Å²) in [6, 6.07) is 9.74. The molecule has 0 amide bonds. The molecule has 0 saturated carbocycles. The Balaban J connectivity index is 2.32. The molecule has 0 aliphatic heterocycles. The number of rotatable bonds is 3. The Hall–Kier alpha value is -2.07. The predicted molar refractivity (Wildman–Crippen MR) is 71.8 cm³/mol. The highest BCUT2D eigenvalue weighted by atomic mass is 16.3. The summed E-state index contributed by atoms with van der Waals surface area (Å²) in [5.41, 5.74) is 1.46. The van der Waals surface area contributed by atoms with Gasteiger partial charge in [0.2, 0.25) is 0 Å². The number of aliphatic hydroxyl groups excluding tert-OH is 1. The van der Waals surface area contributed by atoms with Gasteiger partial charge in [-0.3, -0.25) is 4.79 Å². The zero-order valence-electron chi connectivity index (χ0n) is 9.89. The average Bonchev–Trinajstić information content (AvgIpc) is 2.81. The minimum absolute atomic E-state index is 0.0772. The van der Waals surface area contributed by atoms with Crippen LogP contribution in [0.4, 0.5) is 0 Å². The fourth-order valence-electron chi connectivity index (χ4n) is 2.38. The normalized spacial score (nSPS) is 11.4. The van der Waals surface area contributed by atoms with Crippen LogP contribution in [0.2, 0.25) is 0 Å². The van der Waals surface area contributed by atoms with Crippen LogP contribution in [0.5, 0.6) is 0 Å². The number of aromatic nitrogens is 2. The molecule has 0 unspecified atom stereocenters. The molecule has 92 valence electrons. The summed E-state index contributed by atoms with van der Waals surface area (Å²) >= 11 is 0. The molecule has 0 saturated heterocycles. The molecule has 2 heterocycles. The van der Waals surface area contributed by atoms with Crippen LogP contribution in [0.25, 0.3) is 21.8 Å². The molecule has 0 atom stereocenters. The molecule has 0 fully saturated rings. The van der Waals surface area contributed by atoms with Crippen molar-refractivity contribution in [3.63, 3.8) is 0 Å². The minimum atomic E-state index is -0.0772. The number of aliphatic hydroxyl groups is 1. The Kier molecular flexibility index (Phi) is 2.64. The fourth-order valence-corrected chi connectivity index (χ4v) is 2.38. The summed E-state index contributed by atoms with van der Waals surface area (Å²) in [4.78, 5) is 15.0. The first-order chi connectivity index (χ1) is 8.81. The van der Waals surface area contributed by atoms with Gasteiger partial charge >= 0.3 is 0 Å². The van der Waals surface area contributed by atoms with E-state index in [4.69, 9.17) is 5.11 Å². The Morgan fingerprint density at radius 1 is 1.17 bits per heavy atom. The summed E-state index contributed by atoms with van der Waals surface area (Å²) in [6.45, 7) is 0.784. The molecule has 0 radical (unpaired) electrons. The third-order valence-electron chi connectivity index (χ3n) is 3.20. The van der Waals surface area contributed by atoms with Crippen LogP contribution >= 0.6 is 0 Å². The maximum Gasteiger partial charge on any atom is 0.272 e. The molecular formula is C14H14N2O2. The van der Waals surface area contributed by atoms with Gasteiger partial charge in [0, 0.05) is 35.6 Å². The highest BCUT2D eigenvalue weighted by Crippen LogP contribution is 2.21. The van der Waals surface area contributed by atoms with E-state index in [0.29, 0.717) is 18.5 Å². The topological polar surface area (TPSA) is 58.0 Å². The molecule has 0 bridgehead atoms. The number of H-pyrrole nitrogens is 1. The number of fused-ring (bicyclic) bond motifs is 3. The van der Waals surface area contributed by atoms with E-state index in [9.17, 15) is 4.79 Å². The van der Waals surface area contributed by atoms with E-state index < -0.39 is 0 Å². The van der Waals surface area contributed by atoms with Crippen molar-refractivity contribution in [1.82, 2.24) is 9.55 Å². The summed E-state index contributed by atoms with van der Waals surface area (Å²) in [5, 5.41) is 10.9. The van der Waals surface area contributed by atoms with E-state index in [-0.39, 0.29) is 12.2 Å². The average molecular weight is 242 g/mol. The van der Waals surface area contributed by atoms with Gasteiger partial charge in [-0.15, -0.1) is 0 Å². The number of benzene rings is 1. The first-order valence-electron chi connectivity index (χ1n) is 6.02. The van der Waals surface area contributed by atoms with E-state index in [1.54, 1.807) is 0 Å². The number of nitrogens with one attached hydrogen (secondary N) is 1. The molecule has 3 rings (SSSR count). The van der Waals surface area contributed by atoms with Crippen LogP contribution in [0.1, 0.15) is 6.42 Å². The lowest BCUT2D eigenvalue weighted by atomic mass is 10.1. The first kappa shape index (κ1) is 11.0. The van der Waals surface area contributed by atoms with E-state index in [0.717, 1.165) is 16.3 Å². The summed E-state index contributed by atoms with van der Waals surface area (Å²) < 4.78 is 1.90. The summed E-state index contributed by atoms with van der Waals surface area (Å²) in [7, 11) is 0. The Morgan fingerprint density at radius 3 is 2.83 bits per heavy atom. The third kappa shape index (κ3) is 1.62. The second-order valence-corrected chi connectivity index (χ2v) is 4.35. The lowest BCUT2D eigenvalue weighted by Crippen LogP contribution is -2.11. The largest absolute Gasteiger partial charge is 0.396 e. The zero-order valence-corrected chi connectivity index (χ0v) is 9.89. The van der Waals surface area contributed by atoms with Crippen molar-refractivity contribution < 1.29 is 5.11 Å². The predicted octanol–water partition coefficient (Wildman–Crippen LogP) is 1.87. The molecule has 4 heteroatoms. The molecule has 3 aromatic rings. The van der Waals surface area contributed by atoms with Gasteiger partial charge in [0.1, 0.15) is 5.52 Å². The first-order valence-corrected chi connectivity index (χ1v) is 6.02. The van der Waals surface area contributed by atoms with Gasteiger partial charge in [0.25, 0.3) is 5.56 Å². The van der Waals surface area contributed by atoms with Crippen molar-refractivity contribution in [3.8, 4) is 0 Å². The molecule has 0 aliphatic carbocycles. The number of pyridine rings is 1. The maximum atomic E-state index is 12.1. The van der Waals surface area contributed by atoms with Gasteiger partial charge in [-0.05, 0) is 18.6 Å². The van der Waals surface area contributed by atoms with Gasteiger partial charge in [-0.1, -0.05) is 18.2 Å². The van der Waals surface area contributed by atoms with E-state index in [1.165, 1.54) is 0 Å². The minimum Gasteiger partial charge on any atom is -0.396 e. The van der Waals surface area contributed by atoms with Crippen LogP contribution in [0.15, 0.2) is 41.3 Å². The van der Waals surface area contributed by atoms with Gasteiger partial charge in [0.05, 0.1) is 0 Å². The standard InChI is InChI=1S/C14H14N2O2/c17-9-3-7-16-8-6-11-10-4-1-2-5-12(10)15-14(18)13(11)16/h1-2,4-6,8,17H,3,7,9H2,(H,15,18). The van der Waals surface area contributed by atoms with Crippen molar-refractivity contribution >= 4 is 21.8 Å². The van der Waals surface area contributed by atoms with Crippen LogP contribution in [-0.4, -0.2) is 21.3 Å². The molecular weight excluding hydrogens is 228 g/mol. The van der Waals surface area contributed by atoms with E-state index in [2.05, 4.69) is 4.98 Å². The fraction of sp³-hybridized carbons (Fsp3) is 0.214. The monoisotopic (exact) mass is 242 g/mol. The molecule has 2 aromatic heterocycles. The van der Waals surface area contributed by atoms with Gasteiger partial charge in [-0.25, -0.2) is 0 Å². The van der Waals surface area contributed by atoms with Crippen LogP contribution < -0.4 is 5.56 Å². The van der Waals surface area contributed by atoms with Crippen LogP contribution in [0, 0.1) is 0 Å². The Labute approximate surface area is 103 Å². The lowest BCUT2D eigenvalue weighted by Gasteiger charge is -2.04. The van der Waals surface area contributed by atoms with Crippen molar-refractivity contribution in [2.75, 3.05) is 6.61 Å². The second-order valence-electron chi connectivity index (χ2n) is 4.35. The second kappa shape index (κ2) is 4.31. The molecule has 0 aliphatic rings. The SMILES string of the molecule is O=c1[nH]c2ccccc2c2ccn(CCCO)c12. The zero-order chi connectivity index (χ0) is 12.5. The van der Waals surface area contributed by atoms with Crippen molar-refractivity contribution in [1.29, 1.82) is 0 Å². The maximum absolute atomic E-state index is 12.1. The number of nitrogens with zero attached hydrogens (tertiary/aromatic N) is 1. The van der Waals surface area contributed by atoms with Gasteiger partial charge < -0.3 is 14.7 Å². The van der Waals surface area contributed by atoms with Gasteiger partial charge in [-0.2, -0.15) is 0 Å². The summed E-state index contributed by atoms with van der Waals surface area (Å²) in [5.74, 6) is 0. The van der Waals surface area contributed by atoms with Crippen LogP contribution in [-0.2, 0) is 6.54 Å². The van der Waals surface area contributed by atoms with Gasteiger partial charge in [0.15, 0.2) is 0 Å². The number of hydrogen-bond acceptors (Lipinski definition) is 2. The Morgan fingerprint density at radius 2 is 2.00 bits per heavy atom. The molecule has 18 heavy (non-hydrogen) atoms. The smallest absolute Gasteiger partial charge is 0.272 e. The summed E-state index contributed by atoms with van der Waals surface area (Å²) in [6.07, 6.45) is 2.55. The quantitative estimate of drug-likeness (QED) is 0.736. The van der Waals surface area contributed by atoms with E-state index >= 15 is 0 Å². The number of hydrogen-bond donors (Lipinski definition) is 2. The Bertz CT molecular complexity index is 755. The van der Waals surface area contributed by atoms with Crippen molar-refractivity contribution in [2.45, 2.75) is 13.0 Å². The molecule has 2 N–H and O–H groups in total. The lowest BCUT2D eigenvalue weighted by molar-refractivity contribution is 0.280. The molecule has 1 aromatic carbocycles. The van der Waals surface area contributed by atoms with E-state index in [1.807, 2.05) is 41.1 Å². The number of aryl methyl sites for hydroxylation is 1. The number of para-hydroxylation sites is 1. The third-order valence-corrected chi connectivity index (χ3v) is 3.20. The molecule has 0 spiro atoms. The van der Waals surface area contributed by atoms with Crippen LogP contribution in [0.3, 0.4) is 0 Å². The van der Waals surface area contributed by atoms with Crippen molar-refractivity contribution in [2.24, 2.45) is 0 Å².